The van der Waals surface area contributed by atoms with Crippen LogP contribution in [0.5, 0.6) is 0 Å². The van der Waals surface area contributed by atoms with Gasteiger partial charge in [0.15, 0.2) is 0 Å². The Hall–Kier alpha value is -1.42. The summed E-state index contributed by atoms with van der Waals surface area (Å²) in [6.07, 6.45) is 13.4. The average molecular weight is 327 g/mol. The fourth-order valence-corrected chi connectivity index (χ4v) is 5.06. The summed E-state index contributed by atoms with van der Waals surface area (Å²) in [4.78, 5) is 22.2. The van der Waals surface area contributed by atoms with Gasteiger partial charge in [0.1, 0.15) is 0 Å². The number of piperidine rings is 1. The molecule has 130 valence electrons. The third kappa shape index (κ3) is 3.08. The standard InChI is InChI=1S/C20H29N3O/c24-19-20(9-4-13-23(19)18-5-2-1-3-6-18)10-14-22(16-20)15-17-7-11-21-12-8-17/h7-8,11-12,18H,1-6,9-10,13-16H2/t20-/m0/s1. The minimum atomic E-state index is -0.0945. The molecule has 0 unspecified atom stereocenters. The second kappa shape index (κ2) is 6.83. The number of likely N-dealkylation sites (tertiary alicyclic amines) is 2. The molecule has 1 aromatic heterocycles. The SMILES string of the molecule is O=C1N(C2CCCCC2)CCC[C@@]12CCN(Cc1ccncc1)C2. The van der Waals surface area contributed by atoms with E-state index in [-0.39, 0.29) is 5.41 Å². The van der Waals surface area contributed by atoms with Gasteiger partial charge in [0.05, 0.1) is 5.41 Å². The predicted octanol–water partition coefficient (Wildman–Crippen LogP) is 3.23. The van der Waals surface area contributed by atoms with Crippen LogP contribution in [0.25, 0.3) is 0 Å². The van der Waals surface area contributed by atoms with Gasteiger partial charge in [-0.15, -0.1) is 0 Å². The van der Waals surface area contributed by atoms with Gasteiger partial charge >= 0.3 is 0 Å². The first kappa shape index (κ1) is 16.1. The van der Waals surface area contributed by atoms with Crippen LogP contribution in [0, 0.1) is 5.41 Å². The van der Waals surface area contributed by atoms with Gasteiger partial charge in [-0.3, -0.25) is 14.7 Å². The molecule has 0 radical (unpaired) electrons. The number of nitrogens with zero attached hydrogens (tertiary/aromatic N) is 3. The van der Waals surface area contributed by atoms with E-state index in [0.29, 0.717) is 11.9 Å². The summed E-state index contributed by atoms with van der Waals surface area (Å²) >= 11 is 0. The predicted molar refractivity (Wildman–Crippen MR) is 94.4 cm³/mol. The van der Waals surface area contributed by atoms with E-state index in [1.54, 1.807) is 0 Å². The molecular formula is C20H29N3O. The molecule has 2 aliphatic heterocycles. The van der Waals surface area contributed by atoms with Gasteiger partial charge < -0.3 is 4.90 Å². The molecule has 3 heterocycles. The largest absolute Gasteiger partial charge is 0.339 e. The van der Waals surface area contributed by atoms with Crippen LogP contribution in [-0.2, 0) is 11.3 Å². The minimum Gasteiger partial charge on any atom is -0.339 e. The molecule has 3 fully saturated rings. The van der Waals surface area contributed by atoms with Crippen molar-refractivity contribution in [2.45, 2.75) is 64.0 Å². The van der Waals surface area contributed by atoms with Gasteiger partial charge in [0.25, 0.3) is 0 Å². The van der Waals surface area contributed by atoms with E-state index in [9.17, 15) is 4.79 Å². The molecule has 0 bridgehead atoms. The highest BCUT2D eigenvalue weighted by Gasteiger charge is 2.49. The number of carbonyl (C=O) groups excluding carboxylic acids is 1. The van der Waals surface area contributed by atoms with Crippen molar-refractivity contribution in [2.75, 3.05) is 19.6 Å². The van der Waals surface area contributed by atoms with E-state index < -0.39 is 0 Å². The summed E-state index contributed by atoms with van der Waals surface area (Å²) in [5.74, 6) is 0.470. The molecule has 1 spiro atoms. The van der Waals surface area contributed by atoms with E-state index >= 15 is 0 Å². The molecular weight excluding hydrogens is 298 g/mol. The van der Waals surface area contributed by atoms with Crippen molar-refractivity contribution < 1.29 is 4.79 Å². The molecule has 1 atom stereocenters. The molecule has 1 saturated carbocycles. The fourth-order valence-electron chi connectivity index (χ4n) is 5.06. The van der Waals surface area contributed by atoms with Crippen LogP contribution in [0.2, 0.25) is 0 Å². The molecule has 1 aromatic rings. The highest BCUT2D eigenvalue weighted by atomic mass is 16.2. The third-order valence-electron chi connectivity index (χ3n) is 6.37. The van der Waals surface area contributed by atoms with Gasteiger partial charge in [-0.05, 0) is 56.3 Å². The summed E-state index contributed by atoms with van der Waals surface area (Å²) in [7, 11) is 0. The zero-order valence-electron chi connectivity index (χ0n) is 14.6. The van der Waals surface area contributed by atoms with Gasteiger partial charge in [-0.25, -0.2) is 0 Å². The van der Waals surface area contributed by atoms with Crippen molar-refractivity contribution in [3.8, 4) is 0 Å². The van der Waals surface area contributed by atoms with Crippen molar-refractivity contribution in [2.24, 2.45) is 5.41 Å². The zero-order chi connectivity index (χ0) is 16.4. The Balaban J connectivity index is 1.43. The minimum absolute atomic E-state index is 0.0945. The Morgan fingerprint density at radius 2 is 1.83 bits per heavy atom. The Kier molecular flexibility index (Phi) is 4.57. The van der Waals surface area contributed by atoms with E-state index in [1.807, 2.05) is 12.4 Å². The monoisotopic (exact) mass is 327 g/mol. The molecule has 4 heteroatoms. The van der Waals surface area contributed by atoms with E-state index in [0.717, 1.165) is 39.0 Å². The lowest BCUT2D eigenvalue weighted by molar-refractivity contribution is -0.149. The lowest BCUT2D eigenvalue weighted by atomic mass is 9.77. The van der Waals surface area contributed by atoms with Crippen LogP contribution in [0.4, 0.5) is 0 Å². The molecule has 4 rings (SSSR count). The molecule has 4 nitrogen and oxygen atoms in total. The Labute approximate surface area is 145 Å². The maximum absolute atomic E-state index is 13.3. The Morgan fingerprint density at radius 1 is 1.04 bits per heavy atom. The lowest BCUT2D eigenvalue weighted by Crippen LogP contribution is -2.54. The quantitative estimate of drug-likeness (QED) is 0.855. The van der Waals surface area contributed by atoms with E-state index in [4.69, 9.17) is 0 Å². The van der Waals surface area contributed by atoms with Gasteiger partial charge in [0, 0.05) is 38.1 Å². The lowest BCUT2D eigenvalue weighted by Gasteiger charge is -2.44. The average Bonchev–Trinajstić information content (AvgIpc) is 3.03. The summed E-state index contributed by atoms with van der Waals surface area (Å²) in [6, 6.07) is 4.70. The van der Waals surface area contributed by atoms with Crippen molar-refractivity contribution >= 4 is 5.91 Å². The molecule has 24 heavy (non-hydrogen) atoms. The van der Waals surface area contributed by atoms with Gasteiger partial charge in [0.2, 0.25) is 5.91 Å². The van der Waals surface area contributed by atoms with Crippen LogP contribution in [0.15, 0.2) is 24.5 Å². The number of amides is 1. The number of rotatable bonds is 3. The van der Waals surface area contributed by atoms with Crippen molar-refractivity contribution in [3.63, 3.8) is 0 Å². The molecule has 2 saturated heterocycles. The molecule has 0 aromatic carbocycles. The number of pyridine rings is 1. The first-order chi connectivity index (χ1) is 11.8. The van der Waals surface area contributed by atoms with Crippen LogP contribution in [0.1, 0.15) is 56.9 Å². The van der Waals surface area contributed by atoms with E-state index in [2.05, 4.69) is 26.9 Å². The molecule has 1 amide bonds. The summed E-state index contributed by atoms with van der Waals surface area (Å²) < 4.78 is 0. The summed E-state index contributed by atoms with van der Waals surface area (Å²) in [6.45, 7) is 3.93. The second-order valence-electron chi connectivity index (χ2n) is 7.99. The molecule has 3 aliphatic rings. The van der Waals surface area contributed by atoms with Crippen molar-refractivity contribution in [3.05, 3.63) is 30.1 Å². The number of hydrogen-bond donors (Lipinski definition) is 0. The van der Waals surface area contributed by atoms with Crippen LogP contribution >= 0.6 is 0 Å². The normalized spacial score (nSPS) is 29.5. The second-order valence-corrected chi connectivity index (χ2v) is 7.99. The number of carbonyl (C=O) groups is 1. The molecule has 0 N–H and O–H groups in total. The first-order valence-electron chi connectivity index (χ1n) is 9.69. The maximum atomic E-state index is 13.3. The zero-order valence-corrected chi connectivity index (χ0v) is 14.6. The van der Waals surface area contributed by atoms with Crippen LogP contribution in [0.3, 0.4) is 0 Å². The molecule has 1 aliphatic carbocycles. The highest BCUT2D eigenvalue weighted by Crippen LogP contribution is 2.42. The topological polar surface area (TPSA) is 36.4 Å². The van der Waals surface area contributed by atoms with Crippen molar-refractivity contribution in [1.29, 1.82) is 0 Å². The van der Waals surface area contributed by atoms with Gasteiger partial charge in [-0.1, -0.05) is 19.3 Å². The smallest absolute Gasteiger partial charge is 0.230 e. The summed E-state index contributed by atoms with van der Waals surface area (Å²) in [5.41, 5.74) is 1.21. The first-order valence-corrected chi connectivity index (χ1v) is 9.69. The van der Waals surface area contributed by atoms with E-state index in [1.165, 1.54) is 44.1 Å². The third-order valence-corrected chi connectivity index (χ3v) is 6.37. The van der Waals surface area contributed by atoms with Gasteiger partial charge in [-0.2, -0.15) is 0 Å². The summed E-state index contributed by atoms with van der Waals surface area (Å²) in [5, 5.41) is 0. The maximum Gasteiger partial charge on any atom is 0.230 e. The van der Waals surface area contributed by atoms with Crippen molar-refractivity contribution in [1.82, 2.24) is 14.8 Å². The van der Waals surface area contributed by atoms with Crippen LogP contribution < -0.4 is 0 Å². The highest BCUT2D eigenvalue weighted by molar-refractivity contribution is 5.84. The number of aromatic nitrogens is 1. The van der Waals surface area contributed by atoms with Crippen LogP contribution in [-0.4, -0.2) is 46.4 Å². The Morgan fingerprint density at radius 3 is 2.62 bits per heavy atom. The number of hydrogen-bond acceptors (Lipinski definition) is 3. The Bertz CT molecular complexity index is 570. The fraction of sp³-hybridized carbons (Fsp3) is 0.700.